The molecule has 0 saturated heterocycles. The van der Waals surface area contributed by atoms with Gasteiger partial charge in [-0.3, -0.25) is 4.98 Å². The number of thiazole rings is 1. The number of nitrogen functional groups attached to an aromatic ring is 1. The average molecular weight is 287 g/mol. The Bertz CT molecular complexity index is 641. The number of hydrogen-bond acceptors (Lipinski definition) is 5. The highest BCUT2D eigenvalue weighted by atomic mass is 32.2. The zero-order valence-electron chi connectivity index (χ0n) is 9.13. The Balaban J connectivity index is 2.20. The van der Waals surface area contributed by atoms with Gasteiger partial charge in [-0.1, -0.05) is 0 Å². The van der Waals surface area contributed by atoms with Crippen LogP contribution < -0.4 is 10.5 Å². The van der Waals surface area contributed by atoms with Gasteiger partial charge in [-0.15, -0.1) is 11.3 Å². The second-order valence-electron chi connectivity index (χ2n) is 3.47. The summed E-state index contributed by atoms with van der Waals surface area (Å²) in [5, 5.41) is 0. The lowest BCUT2D eigenvalue weighted by Crippen LogP contribution is -2.23. The van der Waals surface area contributed by atoms with Crippen LogP contribution in [0, 0.1) is 5.82 Å². The topological polar surface area (TPSA) is 85.1 Å². The van der Waals surface area contributed by atoms with E-state index in [9.17, 15) is 12.8 Å². The predicted octanol–water partition coefficient (Wildman–Crippen LogP) is 1.34. The second-order valence-corrected chi connectivity index (χ2v) is 6.18. The first kappa shape index (κ1) is 12.9. The van der Waals surface area contributed by atoms with Gasteiger partial charge in [0.05, 0.1) is 11.2 Å². The fraction of sp³-hybridized carbons (Fsp3) is 0.100. The van der Waals surface area contributed by atoms with Crippen molar-refractivity contribution in [3.63, 3.8) is 0 Å². The van der Waals surface area contributed by atoms with E-state index in [2.05, 4.69) is 9.71 Å². The highest BCUT2D eigenvalue weighted by molar-refractivity contribution is 7.89. The first-order valence-electron chi connectivity index (χ1n) is 4.91. The summed E-state index contributed by atoms with van der Waals surface area (Å²) in [6, 6.07) is 3.17. The van der Waals surface area contributed by atoms with Crippen molar-refractivity contribution >= 4 is 27.0 Å². The molecule has 0 radical (unpaired) electrons. The van der Waals surface area contributed by atoms with Crippen LogP contribution in [-0.4, -0.2) is 13.4 Å². The van der Waals surface area contributed by atoms with Gasteiger partial charge in [0, 0.05) is 17.6 Å². The summed E-state index contributed by atoms with van der Waals surface area (Å²) in [7, 11) is -3.75. The highest BCUT2D eigenvalue weighted by Crippen LogP contribution is 2.19. The average Bonchev–Trinajstić information content (AvgIpc) is 2.78. The Morgan fingerprint density at radius 3 is 2.83 bits per heavy atom. The van der Waals surface area contributed by atoms with E-state index < -0.39 is 15.8 Å². The number of anilines is 1. The zero-order chi connectivity index (χ0) is 13.2. The molecular weight excluding hydrogens is 277 g/mol. The van der Waals surface area contributed by atoms with E-state index in [1.165, 1.54) is 11.3 Å². The van der Waals surface area contributed by atoms with Crippen LogP contribution in [-0.2, 0) is 16.6 Å². The summed E-state index contributed by atoms with van der Waals surface area (Å²) in [5.41, 5.74) is 6.98. The molecule has 1 aromatic carbocycles. The molecular formula is C10H10FN3O2S2. The van der Waals surface area contributed by atoms with Gasteiger partial charge in [-0.05, 0) is 18.2 Å². The SMILES string of the molecule is Nc1cc(F)ccc1S(=O)(=O)NCc1cncs1. The third kappa shape index (κ3) is 2.84. The summed E-state index contributed by atoms with van der Waals surface area (Å²) in [6.45, 7) is 0.129. The zero-order valence-corrected chi connectivity index (χ0v) is 10.8. The monoisotopic (exact) mass is 287 g/mol. The number of benzene rings is 1. The number of nitrogens with one attached hydrogen (secondary N) is 1. The van der Waals surface area contributed by atoms with Crippen molar-refractivity contribution in [3.05, 3.63) is 40.6 Å². The molecule has 0 atom stereocenters. The van der Waals surface area contributed by atoms with Crippen molar-refractivity contribution < 1.29 is 12.8 Å². The van der Waals surface area contributed by atoms with Crippen LogP contribution >= 0.6 is 11.3 Å². The lowest BCUT2D eigenvalue weighted by molar-refractivity contribution is 0.581. The van der Waals surface area contributed by atoms with Gasteiger partial charge in [-0.2, -0.15) is 0 Å². The molecule has 5 nitrogen and oxygen atoms in total. The molecule has 0 bridgehead atoms. The summed E-state index contributed by atoms with van der Waals surface area (Å²) in [5.74, 6) is -0.575. The maximum Gasteiger partial charge on any atom is 0.242 e. The normalized spacial score (nSPS) is 11.6. The van der Waals surface area contributed by atoms with Gasteiger partial charge in [0.2, 0.25) is 10.0 Å². The number of rotatable bonds is 4. The van der Waals surface area contributed by atoms with Crippen LogP contribution in [0.2, 0.25) is 0 Å². The van der Waals surface area contributed by atoms with Crippen molar-refractivity contribution in [1.29, 1.82) is 0 Å². The lowest BCUT2D eigenvalue weighted by Gasteiger charge is -2.08. The molecule has 0 aliphatic rings. The smallest absolute Gasteiger partial charge is 0.242 e. The van der Waals surface area contributed by atoms with Gasteiger partial charge in [0.1, 0.15) is 10.7 Å². The predicted molar refractivity (Wildman–Crippen MR) is 67.0 cm³/mol. The fourth-order valence-corrected chi connectivity index (χ4v) is 3.08. The van der Waals surface area contributed by atoms with Crippen molar-refractivity contribution in [2.75, 3.05) is 5.73 Å². The van der Waals surface area contributed by atoms with Crippen molar-refractivity contribution in [1.82, 2.24) is 9.71 Å². The number of nitrogens with zero attached hydrogens (tertiary/aromatic N) is 1. The summed E-state index contributed by atoms with van der Waals surface area (Å²) >= 11 is 1.34. The van der Waals surface area contributed by atoms with E-state index in [1.807, 2.05) is 0 Å². The van der Waals surface area contributed by atoms with Crippen LogP contribution in [0.1, 0.15) is 4.88 Å². The minimum atomic E-state index is -3.75. The molecule has 18 heavy (non-hydrogen) atoms. The van der Waals surface area contributed by atoms with Gasteiger partial charge >= 0.3 is 0 Å². The maximum absolute atomic E-state index is 12.8. The molecule has 2 rings (SSSR count). The number of hydrogen-bond donors (Lipinski definition) is 2. The molecule has 0 amide bonds. The highest BCUT2D eigenvalue weighted by Gasteiger charge is 2.17. The standard InChI is InChI=1S/C10H10FN3O2S2/c11-7-1-2-10(9(12)3-7)18(15,16)14-5-8-4-13-6-17-8/h1-4,6,14H,5,12H2. The molecule has 0 fully saturated rings. The minimum absolute atomic E-state index is 0.119. The third-order valence-corrected chi connectivity index (χ3v) is 4.44. The fourth-order valence-electron chi connectivity index (χ4n) is 1.34. The Morgan fingerprint density at radius 2 is 2.22 bits per heavy atom. The molecule has 0 unspecified atom stereocenters. The Kier molecular flexibility index (Phi) is 3.60. The van der Waals surface area contributed by atoms with E-state index >= 15 is 0 Å². The van der Waals surface area contributed by atoms with Crippen molar-refractivity contribution in [2.24, 2.45) is 0 Å². The van der Waals surface area contributed by atoms with Crippen molar-refractivity contribution in [3.8, 4) is 0 Å². The van der Waals surface area contributed by atoms with Crippen LogP contribution in [0.25, 0.3) is 0 Å². The van der Waals surface area contributed by atoms with E-state index in [0.717, 1.165) is 23.1 Å². The summed E-state index contributed by atoms with van der Waals surface area (Å²) in [6.07, 6.45) is 1.57. The van der Waals surface area contributed by atoms with Crippen LogP contribution in [0.4, 0.5) is 10.1 Å². The summed E-state index contributed by atoms with van der Waals surface area (Å²) in [4.78, 5) is 4.48. The molecule has 1 heterocycles. The molecule has 0 aliphatic heterocycles. The third-order valence-electron chi connectivity index (χ3n) is 2.18. The van der Waals surface area contributed by atoms with E-state index in [1.54, 1.807) is 11.7 Å². The molecule has 0 aliphatic carbocycles. The van der Waals surface area contributed by atoms with Gasteiger partial charge in [0.15, 0.2) is 0 Å². The van der Waals surface area contributed by atoms with E-state index in [-0.39, 0.29) is 17.1 Å². The number of halogens is 1. The molecule has 1 aromatic heterocycles. The first-order valence-corrected chi connectivity index (χ1v) is 7.27. The number of aromatic nitrogens is 1. The van der Waals surface area contributed by atoms with Gasteiger partial charge in [-0.25, -0.2) is 17.5 Å². The van der Waals surface area contributed by atoms with E-state index in [4.69, 9.17) is 5.73 Å². The van der Waals surface area contributed by atoms with Crippen LogP contribution in [0.3, 0.4) is 0 Å². The Labute approximate surface area is 108 Å². The molecule has 96 valence electrons. The van der Waals surface area contributed by atoms with Gasteiger partial charge < -0.3 is 5.73 Å². The number of sulfonamides is 1. The lowest BCUT2D eigenvalue weighted by atomic mass is 10.3. The maximum atomic E-state index is 12.8. The van der Waals surface area contributed by atoms with Crippen LogP contribution in [0.15, 0.2) is 34.8 Å². The van der Waals surface area contributed by atoms with E-state index in [0.29, 0.717) is 0 Å². The first-order chi connectivity index (χ1) is 8.49. The molecule has 2 aromatic rings. The minimum Gasteiger partial charge on any atom is -0.398 e. The molecule has 0 spiro atoms. The number of nitrogens with two attached hydrogens (primary N) is 1. The van der Waals surface area contributed by atoms with Crippen molar-refractivity contribution in [2.45, 2.75) is 11.4 Å². The van der Waals surface area contributed by atoms with Gasteiger partial charge in [0.25, 0.3) is 0 Å². The molecule has 0 saturated carbocycles. The largest absolute Gasteiger partial charge is 0.398 e. The summed E-state index contributed by atoms with van der Waals surface area (Å²) < 4.78 is 39.1. The molecule has 8 heteroatoms. The van der Waals surface area contributed by atoms with Crippen LogP contribution in [0.5, 0.6) is 0 Å². The Hall–Kier alpha value is -1.51. The molecule has 3 N–H and O–H groups in total. The second kappa shape index (κ2) is 5.01. The Morgan fingerprint density at radius 1 is 1.44 bits per heavy atom. The quantitative estimate of drug-likeness (QED) is 0.831.